The SMILES string of the molecule is NC(=O)[C@H](CS)NC(=O)[C@H](Cc1c[nH]c2ccccc12)NC(=O)[C@H](C[I-]CN=C(N)N)NC(=O)[C@@H](Cc1ccccc1)NC(=O)[C@H](Cc1cnc[nH]1)NC(=O)[C@H](CCC(=O)O)NC(=O)[C@H](CS)NC(=O)CN1C(=O)N[C@@H](CCCN=C(N)N)C1=O. The van der Waals surface area contributed by atoms with Crippen molar-refractivity contribution < 1.29 is 79.1 Å². The maximum atomic E-state index is 14.7. The third-order valence-electron chi connectivity index (χ3n) is 12.8. The first kappa shape index (κ1) is 67.1. The van der Waals surface area contributed by atoms with Crippen LogP contribution in [0.15, 0.2) is 83.3 Å². The zero-order chi connectivity index (χ0) is 62.2. The molecule has 1 saturated heterocycles. The summed E-state index contributed by atoms with van der Waals surface area (Å²) in [5.74, 6) is -10.4. The van der Waals surface area contributed by atoms with Crippen molar-refractivity contribution in [3.63, 3.8) is 0 Å². The number of imidazole rings is 1. The fourth-order valence-electron chi connectivity index (χ4n) is 8.44. The predicted molar refractivity (Wildman–Crippen MR) is 311 cm³/mol. The summed E-state index contributed by atoms with van der Waals surface area (Å²) in [5, 5.41) is 30.8. The van der Waals surface area contributed by atoms with Crippen LogP contribution in [0.2, 0.25) is 0 Å². The van der Waals surface area contributed by atoms with Gasteiger partial charge in [0.2, 0.25) is 11.8 Å². The molecule has 8 atom stereocenters. The van der Waals surface area contributed by atoms with Gasteiger partial charge in [-0.25, -0.2) is 4.79 Å². The van der Waals surface area contributed by atoms with Crippen LogP contribution in [0.4, 0.5) is 4.79 Å². The Morgan fingerprint density at radius 3 is 1.85 bits per heavy atom. The summed E-state index contributed by atoms with van der Waals surface area (Å²) in [4.78, 5) is 167. The molecule has 85 heavy (non-hydrogen) atoms. The topological polar surface area (TPSA) is 507 Å². The summed E-state index contributed by atoms with van der Waals surface area (Å²) in [6.45, 7) is -0.628. The predicted octanol–water partition coefficient (Wildman–Crippen LogP) is -8.18. The van der Waals surface area contributed by atoms with Crippen molar-refractivity contribution in [2.45, 2.75) is 93.3 Å². The molecular weight excluding hydrogens is 1260 g/mol. The summed E-state index contributed by atoms with van der Waals surface area (Å²) >= 11 is 7.22. The van der Waals surface area contributed by atoms with E-state index in [1.54, 1.807) is 42.6 Å². The molecule has 21 N–H and O–H groups in total. The molecule has 4 aromatic rings. The molecule has 0 saturated carbocycles. The third kappa shape index (κ3) is 21.5. The van der Waals surface area contributed by atoms with Gasteiger partial charge in [0, 0.05) is 18.7 Å². The minimum absolute atomic E-state index is 0.0136. The number of para-hydroxylation sites is 1. The van der Waals surface area contributed by atoms with E-state index in [2.05, 4.69) is 92.7 Å². The van der Waals surface area contributed by atoms with Crippen molar-refractivity contribution in [2.24, 2.45) is 38.7 Å². The van der Waals surface area contributed by atoms with Crippen LogP contribution in [-0.4, -0.2) is 184 Å². The molecule has 31 nitrogen and oxygen atoms in total. The fourth-order valence-corrected chi connectivity index (χ4v) is 11.1. The van der Waals surface area contributed by atoms with Gasteiger partial charge in [0.05, 0.1) is 0 Å². The number of carbonyl (C=O) groups excluding carboxylic acids is 10. The number of imide groups is 1. The van der Waals surface area contributed by atoms with Crippen molar-refractivity contribution in [1.82, 2.24) is 62.4 Å². The Hall–Kier alpha value is -8.67. The number of aliphatic carboxylic acids is 1. The number of halogens is 1. The summed E-state index contributed by atoms with van der Waals surface area (Å²) in [5.41, 5.74) is 29.6. The number of nitrogens with two attached hydrogens (primary N) is 5. The Morgan fingerprint density at radius 1 is 0.671 bits per heavy atom. The number of guanidine groups is 2. The van der Waals surface area contributed by atoms with Gasteiger partial charge in [0.25, 0.3) is 5.91 Å². The first-order chi connectivity index (χ1) is 40.6. The van der Waals surface area contributed by atoms with Crippen LogP contribution in [-0.2, 0) is 67.2 Å². The monoisotopic (exact) mass is 1330 g/mol. The quantitative estimate of drug-likeness (QED) is 0.00297. The second-order valence-electron chi connectivity index (χ2n) is 19.1. The number of fused-ring (bicyclic) bond motifs is 1. The number of aliphatic imine (C=N–C) groups is 2. The molecule has 0 radical (unpaired) electrons. The molecule has 3 heterocycles. The van der Waals surface area contributed by atoms with Crippen molar-refractivity contribution in [3.8, 4) is 0 Å². The molecule has 1 aliphatic heterocycles. The number of primary amides is 1. The van der Waals surface area contributed by atoms with Gasteiger partial charge >= 0.3 is 363 Å². The number of thiol groups is 2. The van der Waals surface area contributed by atoms with E-state index < -0.39 is 154 Å². The smallest absolute Gasteiger partial charge is 0.481 e. The van der Waals surface area contributed by atoms with Crippen LogP contribution >= 0.6 is 25.3 Å². The van der Waals surface area contributed by atoms with E-state index in [0.717, 1.165) is 10.9 Å². The van der Waals surface area contributed by atoms with E-state index in [0.29, 0.717) is 28.1 Å². The standard InChI is InChI=1S/C51H69IN19O12S2/c53-41(75)37(22-84)69-44(78)34(16-27-19-60-30-10-5-4-9-29(27)30)66-46(80)36(18-52-24-61-50(56)57)68-43(77)33(15-26-7-2-1-3-8-26)65-45(79)35(17-28-20-58-25-62-28)67-42(76)31(12-13-40(73)74)64-47(81)38(23-85)63-39(72)21-71-48(82)32(70-51(71)83)11-6-14-59-49(54)55/h1-5,7-10,19-20,25,31-38,60,84-85H,6,11-18,21-24H2,(H2,53,75)(H,58,62)(H,63,72)(H,64,81)(H,65,79)(H,66,80)(H,67,76)(H,68,77)(H,69,78)(H,70,83)(H,73,74)(H4,54,55,59)(H4,56,57,61)/q-1/t31-,32-,33+,34-,35-,36-,37-,38-/m0/s1. The molecule has 2 aromatic heterocycles. The normalized spacial score (nSPS) is 15.3. The number of aromatic nitrogens is 3. The van der Waals surface area contributed by atoms with E-state index in [1.165, 1.54) is 12.5 Å². The number of nitrogens with one attached hydrogen (secondary N) is 10. The van der Waals surface area contributed by atoms with Crippen molar-refractivity contribution in [3.05, 3.63) is 90.1 Å². The Balaban J connectivity index is 1.38. The number of rotatable bonds is 35. The van der Waals surface area contributed by atoms with E-state index in [1.807, 2.05) is 18.2 Å². The first-order valence-corrected chi connectivity index (χ1v) is 30.6. The molecule has 5 rings (SSSR count). The van der Waals surface area contributed by atoms with Crippen molar-refractivity contribution >= 4 is 113 Å². The summed E-state index contributed by atoms with van der Waals surface area (Å²) < 4.78 is 0.103. The molecular formula is C51H69IN19O12S2-. The van der Waals surface area contributed by atoms with Gasteiger partial charge < -0.3 is 27.2 Å². The van der Waals surface area contributed by atoms with Crippen LogP contribution in [0, 0.1) is 0 Å². The molecule has 2 aromatic carbocycles. The fraction of sp³-hybridized carbons (Fsp3) is 0.412. The van der Waals surface area contributed by atoms with E-state index in [9.17, 15) is 57.8 Å². The number of hydrogen-bond acceptors (Lipinski definition) is 16. The number of nitrogens with zero attached hydrogens (tertiary/aromatic N) is 4. The molecule has 11 amide bonds. The molecule has 1 aliphatic rings. The van der Waals surface area contributed by atoms with Crippen molar-refractivity contribution in [1.29, 1.82) is 0 Å². The van der Waals surface area contributed by atoms with Crippen LogP contribution in [0.3, 0.4) is 0 Å². The summed E-state index contributed by atoms with van der Waals surface area (Å²) in [7, 11) is 0. The molecule has 0 spiro atoms. The minimum atomic E-state index is -1.68. The van der Waals surface area contributed by atoms with Gasteiger partial charge in [-0.1, -0.05) is 0 Å². The van der Waals surface area contributed by atoms with Gasteiger partial charge in [0.1, 0.15) is 18.6 Å². The number of amides is 11. The van der Waals surface area contributed by atoms with E-state index >= 15 is 0 Å². The summed E-state index contributed by atoms with van der Waals surface area (Å²) in [6.07, 6.45) is 2.99. The van der Waals surface area contributed by atoms with Gasteiger partial charge in [-0.15, -0.1) is 0 Å². The third-order valence-corrected chi connectivity index (χ3v) is 15.9. The number of alkyl halides is 2. The van der Waals surface area contributed by atoms with Gasteiger partial charge in [-0.2, -0.15) is 12.6 Å². The number of urea groups is 1. The Morgan fingerprint density at radius 2 is 1.24 bits per heavy atom. The van der Waals surface area contributed by atoms with Crippen LogP contribution < -0.4 is 92.4 Å². The molecule has 460 valence electrons. The Bertz CT molecular complexity index is 3070. The van der Waals surface area contributed by atoms with E-state index in [4.69, 9.17) is 28.7 Å². The zero-order valence-corrected chi connectivity index (χ0v) is 49.6. The number of hydrogen-bond donors (Lipinski definition) is 18. The number of H-pyrrole nitrogens is 2. The molecule has 1 fully saturated rings. The average Bonchev–Trinajstić information content (AvgIpc) is 3.66. The Labute approximate surface area is 507 Å². The van der Waals surface area contributed by atoms with Crippen LogP contribution in [0.1, 0.15) is 42.5 Å². The summed E-state index contributed by atoms with van der Waals surface area (Å²) in [6, 6.07) is 3.58. The molecule has 0 unspecified atom stereocenters. The zero-order valence-electron chi connectivity index (χ0n) is 45.6. The first-order valence-electron chi connectivity index (χ1n) is 26.2. The number of benzene rings is 2. The Kier molecular flexibility index (Phi) is 26.5. The second kappa shape index (κ2) is 33.6. The average molecular weight is 1330 g/mol. The number of aromatic amines is 2. The molecule has 34 heteroatoms. The number of carboxylic acid groups (broad SMARTS) is 1. The van der Waals surface area contributed by atoms with Gasteiger partial charge in [0.15, 0.2) is 5.96 Å². The van der Waals surface area contributed by atoms with Crippen LogP contribution in [0.25, 0.3) is 10.9 Å². The van der Waals surface area contributed by atoms with Gasteiger partial charge in [-0.3, -0.25) is 29.1 Å². The minimum Gasteiger partial charge on any atom is -0.481 e. The van der Waals surface area contributed by atoms with Gasteiger partial charge in [-0.05, 0) is 12.8 Å². The maximum absolute atomic E-state index is 14.7. The number of carbonyl (C=O) groups is 11. The molecule has 0 aliphatic carbocycles. The second-order valence-corrected chi connectivity index (χ2v) is 22.5. The molecule has 0 bridgehead atoms. The van der Waals surface area contributed by atoms with E-state index in [-0.39, 0.29) is 64.6 Å². The van der Waals surface area contributed by atoms with Crippen molar-refractivity contribution in [2.75, 3.05) is 33.6 Å². The van der Waals surface area contributed by atoms with Crippen LogP contribution in [0.5, 0.6) is 0 Å². The number of carboxylic acids is 1.